The molecule has 59 heavy (non-hydrogen) atoms. The van der Waals surface area contributed by atoms with Gasteiger partial charge in [0.05, 0.1) is 27.5 Å². The molecule has 0 saturated heterocycles. The summed E-state index contributed by atoms with van der Waals surface area (Å²) >= 11 is 1.86. The molecular formula is C55H31N3S. The molecule has 14 rings (SSSR count). The minimum Gasteiger partial charge on any atom is -0.292 e. The van der Waals surface area contributed by atoms with E-state index in [1.807, 2.05) is 11.3 Å². The predicted octanol–water partition coefficient (Wildman–Crippen LogP) is 14.3. The highest BCUT2D eigenvalue weighted by molar-refractivity contribution is 7.25. The first-order valence-electron chi connectivity index (χ1n) is 20.2. The third-order valence-electron chi connectivity index (χ3n) is 13.2. The van der Waals surface area contributed by atoms with Gasteiger partial charge in [-0.15, -0.1) is 11.3 Å². The fourth-order valence-corrected chi connectivity index (χ4v) is 12.1. The smallest absolute Gasteiger partial charge is 0.165 e. The van der Waals surface area contributed by atoms with Crippen LogP contribution in [0.4, 0.5) is 0 Å². The van der Waals surface area contributed by atoms with Crippen molar-refractivity contribution in [1.29, 1.82) is 0 Å². The number of thiophene rings is 1. The number of hydrogen-bond donors (Lipinski definition) is 0. The minimum atomic E-state index is -0.473. The largest absolute Gasteiger partial charge is 0.292 e. The topological polar surface area (TPSA) is 30.7 Å². The Kier molecular flexibility index (Phi) is 6.10. The molecule has 0 fully saturated rings. The molecule has 0 bridgehead atoms. The van der Waals surface area contributed by atoms with Crippen LogP contribution in [0, 0.1) is 0 Å². The SMILES string of the molecule is c1cc(-c2nc3ccccc3nc2-n2c3cccc4c3c3c5c(cccc5ccc32)C42c3ccccc3-c3ccccc32)cc(-c2cccc3sc4ccccc4c23)c1. The second-order valence-electron chi connectivity index (χ2n) is 16.0. The van der Waals surface area contributed by atoms with E-state index < -0.39 is 5.41 Å². The standard InChI is InChI=1S/C55H31N3S/c1-4-20-39-36(16-1)37-17-2-5-21-40(37)55(39)41-22-10-13-32-29-30-46-52(49(32)41)51-42(55)23-12-26-45(51)58(46)54-53(56-43-24-6-7-25-44(43)57-54)34-15-9-14-33(31-34)35-19-11-28-48-50(35)38-18-3-8-27-47(38)59-48/h1-31H. The van der Waals surface area contributed by atoms with Crippen LogP contribution >= 0.6 is 11.3 Å². The van der Waals surface area contributed by atoms with Crippen LogP contribution in [-0.2, 0) is 5.41 Å². The second kappa shape index (κ2) is 11.4. The molecule has 3 nitrogen and oxygen atoms in total. The molecule has 0 N–H and O–H groups in total. The lowest BCUT2D eigenvalue weighted by Crippen LogP contribution is -2.30. The first-order valence-corrected chi connectivity index (χ1v) is 21.1. The van der Waals surface area contributed by atoms with E-state index >= 15 is 0 Å². The molecule has 272 valence electrons. The van der Waals surface area contributed by atoms with Crippen molar-refractivity contribution in [2.45, 2.75) is 5.41 Å². The van der Waals surface area contributed by atoms with Crippen LogP contribution < -0.4 is 0 Å². The van der Waals surface area contributed by atoms with Crippen molar-refractivity contribution < 1.29 is 0 Å². The van der Waals surface area contributed by atoms with Crippen LogP contribution in [0.25, 0.3) is 103 Å². The van der Waals surface area contributed by atoms with Gasteiger partial charge in [-0.05, 0) is 97.7 Å². The molecule has 4 heteroatoms. The molecule has 0 amide bonds. The molecule has 3 heterocycles. The summed E-state index contributed by atoms with van der Waals surface area (Å²) in [7, 11) is 0. The van der Waals surface area contributed by atoms with E-state index in [0.717, 1.165) is 44.7 Å². The summed E-state index contributed by atoms with van der Waals surface area (Å²) < 4.78 is 5.01. The number of aromatic nitrogens is 3. The van der Waals surface area contributed by atoms with Crippen LogP contribution in [0.1, 0.15) is 22.3 Å². The number of hydrogen-bond acceptors (Lipinski definition) is 3. The maximum Gasteiger partial charge on any atom is 0.165 e. The highest BCUT2D eigenvalue weighted by Crippen LogP contribution is 2.62. The first-order chi connectivity index (χ1) is 29.3. The first kappa shape index (κ1) is 31.7. The van der Waals surface area contributed by atoms with Gasteiger partial charge in [0.2, 0.25) is 0 Å². The molecule has 9 aromatic carbocycles. The fourth-order valence-electron chi connectivity index (χ4n) is 10.9. The summed E-state index contributed by atoms with van der Waals surface area (Å²) in [6.45, 7) is 0. The molecule has 0 saturated carbocycles. The zero-order valence-corrected chi connectivity index (χ0v) is 32.5. The Morgan fingerprint density at radius 3 is 1.86 bits per heavy atom. The maximum atomic E-state index is 5.57. The lowest BCUT2D eigenvalue weighted by molar-refractivity contribution is 0.783. The molecule has 0 atom stereocenters. The van der Waals surface area contributed by atoms with Crippen LogP contribution in [0.3, 0.4) is 0 Å². The monoisotopic (exact) mass is 765 g/mol. The lowest BCUT2D eigenvalue weighted by atomic mass is 9.63. The molecule has 12 aromatic rings. The Balaban J connectivity index is 1.09. The number of fused-ring (bicyclic) bond motifs is 11. The van der Waals surface area contributed by atoms with Crippen LogP contribution in [0.2, 0.25) is 0 Å². The molecule has 0 aliphatic heterocycles. The average Bonchev–Trinajstić information content (AvgIpc) is 3.95. The second-order valence-corrected chi connectivity index (χ2v) is 17.1. The zero-order valence-electron chi connectivity index (χ0n) is 31.6. The van der Waals surface area contributed by atoms with Crippen molar-refractivity contribution in [3.8, 4) is 39.3 Å². The van der Waals surface area contributed by atoms with E-state index in [-0.39, 0.29) is 0 Å². The third kappa shape index (κ3) is 3.97. The summed E-state index contributed by atoms with van der Waals surface area (Å²) in [5.74, 6) is 0.831. The van der Waals surface area contributed by atoms with Gasteiger partial charge in [0.25, 0.3) is 0 Å². The number of rotatable bonds is 3. The van der Waals surface area contributed by atoms with Crippen LogP contribution in [0.5, 0.6) is 0 Å². The van der Waals surface area contributed by atoms with Crippen molar-refractivity contribution in [3.63, 3.8) is 0 Å². The molecule has 0 unspecified atom stereocenters. The van der Waals surface area contributed by atoms with Gasteiger partial charge < -0.3 is 0 Å². The number of nitrogens with zero attached hydrogens (tertiary/aromatic N) is 3. The average molecular weight is 766 g/mol. The van der Waals surface area contributed by atoms with Crippen LogP contribution in [0.15, 0.2) is 188 Å². The Labute approximate surface area is 343 Å². The van der Waals surface area contributed by atoms with Gasteiger partial charge in [0.15, 0.2) is 5.82 Å². The Morgan fingerprint density at radius 2 is 1.02 bits per heavy atom. The van der Waals surface area contributed by atoms with E-state index in [4.69, 9.17) is 9.97 Å². The van der Waals surface area contributed by atoms with Gasteiger partial charge in [-0.2, -0.15) is 0 Å². The maximum absolute atomic E-state index is 5.57. The molecule has 3 aromatic heterocycles. The highest BCUT2D eigenvalue weighted by atomic mass is 32.1. The summed E-state index contributed by atoms with van der Waals surface area (Å²) in [4.78, 5) is 11.1. The molecule has 2 aliphatic carbocycles. The van der Waals surface area contributed by atoms with E-state index in [1.54, 1.807) is 0 Å². The van der Waals surface area contributed by atoms with Gasteiger partial charge in [0.1, 0.15) is 5.69 Å². The highest BCUT2D eigenvalue weighted by Gasteiger charge is 2.50. The van der Waals surface area contributed by atoms with Crippen LogP contribution in [-0.4, -0.2) is 14.5 Å². The normalized spacial score (nSPS) is 13.6. The van der Waals surface area contributed by atoms with Gasteiger partial charge in [0, 0.05) is 36.5 Å². The molecular weight excluding hydrogens is 735 g/mol. The summed E-state index contributed by atoms with van der Waals surface area (Å²) in [6, 6.07) is 69.2. The van der Waals surface area contributed by atoms with E-state index in [2.05, 4.69) is 193 Å². The Morgan fingerprint density at radius 1 is 0.407 bits per heavy atom. The quantitative estimate of drug-likeness (QED) is 0.179. The van der Waals surface area contributed by atoms with E-state index in [0.29, 0.717) is 0 Å². The zero-order chi connectivity index (χ0) is 38.4. The Hall–Kier alpha value is -7.40. The third-order valence-corrected chi connectivity index (χ3v) is 14.3. The molecule has 1 spiro atoms. The van der Waals surface area contributed by atoms with Crippen molar-refractivity contribution >= 4 is 75.1 Å². The predicted molar refractivity (Wildman–Crippen MR) is 246 cm³/mol. The fraction of sp³-hybridized carbons (Fsp3) is 0.0182. The van der Waals surface area contributed by atoms with Crippen molar-refractivity contribution in [2.24, 2.45) is 0 Å². The van der Waals surface area contributed by atoms with Gasteiger partial charge in [-0.3, -0.25) is 4.57 Å². The van der Waals surface area contributed by atoms with E-state index in [1.165, 1.54) is 80.7 Å². The molecule has 0 radical (unpaired) electrons. The summed E-state index contributed by atoms with van der Waals surface area (Å²) in [5, 5.41) is 7.72. The van der Waals surface area contributed by atoms with Gasteiger partial charge in [-0.1, -0.05) is 146 Å². The van der Waals surface area contributed by atoms with Crippen molar-refractivity contribution in [1.82, 2.24) is 14.5 Å². The molecule has 2 aliphatic rings. The van der Waals surface area contributed by atoms with Gasteiger partial charge >= 0.3 is 0 Å². The Bertz CT molecular complexity index is 3770. The summed E-state index contributed by atoms with van der Waals surface area (Å²) in [6.07, 6.45) is 0. The van der Waals surface area contributed by atoms with Crippen molar-refractivity contribution in [2.75, 3.05) is 0 Å². The number of benzene rings is 9. The van der Waals surface area contributed by atoms with E-state index in [9.17, 15) is 0 Å². The summed E-state index contributed by atoms with van der Waals surface area (Å²) in [5.41, 5.74) is 15.8. The van der Waals surface area contributed by atoms with Crippen molar-refractivity contribution in [3.05, 3.63) is 210 Å². The number of para-hydroxylation sites is 2. The van der Waals surface area contributed by atoms with Gasteiger partial charge in [-0.25, -0.2) is 9.97 Å². The minimum absolute atomic E-state index is 0.473. The lowest BCUT2D eigenvalue weighted by Gasteiger charge is -2.37.